The maximum absolute atomic E-state index is 12.7. The highest BCUT2D eigenvalue weighted by molar-refractivity contribution is 8.08. The van der Waals surface area contributed by atoms with Crippen molar-refractivity contribution in [3.63, 3.8) is 0 Å². The predicted molar refractivity (Wildman–Crippen MR) is 94.9 cm³/mol. The third-order valence-corrected chi connectivity index (χ3v) is 11.1. The Morgan fingerprint density at radius 1 is 0.478 bits per heavy atom. The fraction of sp³-hybridized carbons (Fsp3) is 1.00. The van der Waals surface area contributed by atoms with Crippen molar-refractivity contribution in [2.45, 2.75) is 100 Å². The molecule has 0 radical (unpaired) electrons. The van der Waals surface area contributed by atoms with Gasteiger partial charge in [0.25, 0.3) is 0 Å². The molecule has 0 N–H and O–H groups in total. The maximum atomic E-state index is 12.7. The SMILES string of the molecule is O=S(=O)(CS(=O)(=O)C1CCCCCCC1)C1CCCCCCC1. The van der Waals surface area contributed by atoms with Crippen LogP contribution in [-0.2, 0) is 19.7 Å². The molecule has 0 aromatic carbocycles. The molecule has 0 aliphatic heterocycles. The molecule has 2 aliphatic carbocycles. The standard InChI is InChI=1S/C17H32O4S2/c18-22(19,16-11-7-3-1-4-8-12-16)15-23(20,21)17-13-9-5-2-6-10-14-17/h16-17H,1-15H2. The molecule has 0 bridgehead atoms. The zero-order valence-corrected chi connectivity index (χ0v) is 15.8. The van der Waals surface area contributed by atoms with Crippen molar-refractivity contribution < 1.29 is 16.8 Å². The highest BCUT2D eigenvalue weighted by Crippen LogP contribution is 2.27. The van der Waals surface area contributed by atoms with E-state index in [0.717, 1.165) is 51.4 Å². The van der Waals surface area contributed by atoms with Gasteiger partial charge in [0.2, 0.25) is 0 Å². The van der Waals surface area contributed by atoms with Gasteiger partial charge in [0.05, 0.1) is 10.5 Å². The molecule has 0 aromatic rings. The first kappa shape index (κ1) is 19.2. The van der Waals surface area contributed by atoms with Gasteiger partial charge in [-0.3, -0.25) is 0 Å². The van der Waals surface area contributed by atoms with Crippen molar-refractivity contribution in [1.82, 2.24) is 0 Å². The molecule has 0 amide bonds. The number of rotatable bonds is 4. The maximum Gasteiger partial charge on any atom is 0.167 e. The van der Waals surface area contributed by atoms with Gasteiger partial charge in [-0.05, 0) is 25.7 Å². The van der Waals surface area contributed by atoms with E-state index in [1.165, 1.54) is 12.8 Å². The van der Waals surface area contributed by atoms with Crippen molar-refractivity contribution in [2.75, 3.05) is 5.08 Å². The minimum absolute atomic E-state index is 0.439. The number of hydrogen-bond donors (Lipinski definition) is 0. The molecule has 2 rings (SSSR count). The van der Waals surface area contributed by atoms with Gasteiger partial charge in [0, 0.05) is 0 Å². The molecule has 2 saturated carbocycles. The topological polar surface area (TPSA) is 68.3 Å². The van der Waals surface area contributed by atoms with E-state index in [4.69, 9.17) is 0 Å². The van der Waals surface area contributed by atoms with Gasteiger partial charge in [0.1, 0.15) is 0 Å². The van der Waals surface area contributed by atoms with Crippen LogP contribution in [0.4, 0.5) is 0 Å². The van der Waals surface area contributed by atoms with E-state index < -0.39 is 35.3 Å². The van der Waals surface area contributed by atoms with E-state index in [0.29, 0.717) is 25.7 Å². The zero-order valence-electron chi connectivity index (χ0n) is 14.2. The summed E-state index contributed by atoms with van der Waals surface area (Å²) in [6.45, 7) is 0. The number of sulfone groups is 2. The normalized spacial score (nSPS) is 24.3. The van der Waals surface area contributed by atoms with Crippen LogP contribution in [0.5, 0.6) is 0 Å². The quantitative estimate of drug-likeness (QED) is 0.756. The second-order valence-corrected chi connectivity index (χ2v) is 12.3. The molecule has 2 fully saturated rings. The van der Waals surface area contributed by atoms with Gasteiger partial charge in [-0.2, -0.15) is 0 Å². The summed E-state index contributed by atoms with van der Waals surface area (Å²) in [6, 6.07) is 0. The van der Waals surface area contributed by atoms with Crippen molar-refractivity contribution in [2.24, 2.45) is 0 Å². The van der Waals surface area contributed by atoms with Gasteiger partial charge in [-0.15, -0.1) is 0 Å². The summed E-state index contributed by atoms with van der Waals surface area (Å²) in [4.78, 5) is 0. The molecular formula is C17H32O4S2. The van der Waals surface area contributed by atoms with E-state index >= 15 is 0 Å². The first-order valence-corrected chi connectivity index (χ1v) is 12.8. The molecular weight excluding hydrogens is 332 g/mol. The zero-order chi connectivity index (χ0) is 16.8. The van der Waals surface area contributed by atoms with Crippen LogP contribution in [0.1, 0.15) is 89.9 Å². The first-order valence-electron chi connectivity index (χ1n) is 9.35. The highest BCUT2D eigenvalue weighted by Gasteiger charge is 2.35. The fourth-order valence-corrected chi connectivity index (χ4v) is 9.45. The van der Waals surface area contributed by atoms with Crippen molar-refractivity contribution >= 4 is 19.7 Å². The van der Waals surface area contributed by atoms with E-state index in [-0.39, 0.29) is 0 Å². The third kappa shape index (κ3) is 6.04. The summed E-state index contributed by atoms with van der Waals surface area (Å²) < 4.78 is 50.7. The Hall–Kier alpha value is -0.100. The van der Waals surface area contributed by atoms with Gasteiger partial charge >= 0.3 is 0 Å². The third-order valence-electron chi connectivity index (χ3n) is 5.45. The summed E-state index contributed by atoms with van der Waals surface area (Å²) in [6.07, 6.45) is 12.8. The van der Waals surface area contributed by atoms with E-state index in [1.807, 2.05) is 0 Å². The molecule has 4 nitrogen and oxygen atoms in total. The first-order chi connectivity index (χ1) is 10.9. The van der Waals surface area contributed by atoms with Gasteiger partial charge in [0.15, 0.2) is 24.8 Å². The minimum atomic E-state index is -3.54. The average molecular weight is 365 g/mol. The second-order valence-electron chi connectivity index (χ2n) is 7.38. The van der Waals surface area contributed by atoms with Crippen molar-refractivity contribution in [3.8, 4) is 0 Å². The molecule has 2 aliphatic rings. The molecule has 0 saturated heterocycles. The van der Waals surface area contributed by atoms with Crippen LogP contribution < -0.4 is 0 Å². The summed E-state index contributed by atoms with van der Waals surface area (Å²) in [5, 5.41) is -1.49. The fourth-order valence-electron chi connectivity index (χ4n) is 3.98. The molecule has 0 spiro atoms. The molecule has 0 unspecified atom stereocenters. The van der Waals surface area contributed by atoms with Crippen LogP contribution in [0, 0.1) is 0 Å². The molecule has 0 atom stereocenters. The largest absolute Gasteiger partial charge is 0.227 e. The van der Waals surface area contributed by atoms with E-state index in [1.54, 1.807) is 0 Å². The Bertz CT molecular complexity index is 485. The highest BCUT2D eigenvalue weighted by atomic mass is 32.3. The Morgan fingerprint density at radius 2 is 0.739 bits per heavy atom. The lowest BCUT2D eigenvalue weighted by atomic mass is 10.0. The van der Waals surface area contributed by atoms with Crippen LogP contribution in [0.2, 0.25) is 0 Å². The lowest BCUT2D eigenvalue weighted by molar-refractivity contribution is 0.483. The Labute approximate surface area is 142 Å². The summed E-state index contributed by atoms with van der Waals surface area (Å²) in [5.41, 5.74) is 0. The van der Waals surface area contributed by atoms with Crippen molar-refractivity contribution in [3.05, 3.63) is 0 Å². The summed E-state index contributed by atoms with van der Waals surface area (Å²) in [5.74, 6) is 0. The molecule has 6 heteroatoms. The minimum Gasteiger partial charge on any atom is -0.227 e. The Balaban J connectivity index is 2.03. The van der Waals surface area contributed by atoms with Crippen LogP contribution in [0.3, 0.4) is 0 Å². The lowest BCUT2D eigenvalue weighted by Gasteiger charge is -2.23. The summed E-state index contributed by atoms with van der Waals surface area (Å²) in [7, 11) is -7.08. The van der Waals surface area contributed by atoms with E-state index in [9.17, 15) is 16.8 Å². The second kappa shape index (κ2) is 8.84. The Kier molecular flexibility index (Phi) is 7.39. The van der Waals surface area contributed by atoms with Crippen LogP contribution in [-0.4, -0.2) is 32.4 Å². The predicted octanol–water partition coefficient (Wildman–Crippen LogP) is 4.00. The number of hydrogen-bond acceptors (Lipinski definition) is 4. The summed E-state index contributed by atoms with van der Waals surface area (Å²) >= 11 is 0. The molecule has 23 heavy (non-hydrogen) atoms. The van der Waals surface area contributed by atoms with Gasteiger partial charge in [-0.1, -0.05) is 64.2 Å². The van der Waals surface area contributed by atoms with Crippen LogP contribution >= 0.6 is 0 Å². The lowest BCUT2D eigenvalue weighted by Crippen LogP contribution is -2.34. The average Bonchev–Trinajstić information content (AvgIpc) is 2.34. The van der Waals surface area contributed by atoms with Crippen LogP contribution in [0.25, 0.3) is 0 Å². The molecule has 0 aromatic heterocycles. The molecule has 0 heterocycles. The smallest absolute Gasteiger partial charge is 0.167 e. The Morgan fingerprint density at radius 3 is 1.04 bits per heavy atom. The monoisotopic (exact) mass is 364 g/mol. The molecule has 136 valence electrons. The van der Waals surface area contributed by atoms with E-state index in [2.05, 4.69) is 0 Å². The van der Waals surface area contributed by atoms with Crippen LogP contribution in [0.15, 0.2) is 0 Å². The van der Waals surface area contributed by atoms with Gasteiger partial charge < -0.3 is 0 Å². The van der Waals surface area contributed by atoms with Gasteiger partial charge in [-0.25, -0.2) is 16.8 Å². The van der Waals surface area contributed by atoms with Crippen molar-refractivity contribution in [1.29, 1.82) is 0 Å².